The molecule has 0 saturated carbocycles. The first-order chi connectivity index (χ1) is 2.64. The molecule has 5 nitrogen and oxygen atoms in total. The van der Waals surface area contributed by atoms with Gasteiger partial charge in [0.25, 0.3) is 0 Å². The monoisotopic (exact) mass is 248 g/mol. The molecule has 0 aromatic rings. The zero-order valence-electron chi connectivity index (χ0n) is 5.92. The fraction of sp³-hybridized carbons (Fsp3) is 0. The summed E-state index contributed by atoms with van der Waals surface area (Å²) in [4.78, 5) is 18.2. The molecule has 0 atom stereocenters. The molecular weight excluding hydrogens is 241 g/mol. The topological polar surface area (TPSA) is 106 Å². The SMILES string of the molecule is O.O=C(O)C(=O)O.[Ba+2].[H-].[H-]. The Labute approximate surface area is 88.0 Å². The second-order valence-corrected chi connectivity index (χ2v) is 0.610. The normalized spacial score (nSPS) is 5.50. The fourth-order valence-electron chi connectivity index (χ4n) is 0. The second-order valence-electron chi connectivity index (χ2n) is 0.610. The molecule has 0 aliphatic heterocycles. The van der Waals surface area contributed by atoms with Crippen LogP contribution in [-0.4, -0.2) is 76.5 Å². The van der Waals surface area contributed by atoms with Crippen LogP contribution in [0.4, 0.5) is 0 Å². The zero-order valence-corrected chi connectivity index (χ0v) is 8.36. The van der Waals surface area contributed by atoms with Crippen molar-refractivity contribution in [3.05, 3.63) is 0 Å². The molecule has 0 unspecified atom stereocenters. The Bertz CT molecular complexity index is 83.6. The van der Waals surface area contributed by atoms with Gasteiger partial charge in [0.1, 0.15) is 0 Å². The van der Waals surface area contributed by atoms with E-state index in [2.05, 4.69) is 0 Å². The van der Waals surface area contributed by atoms with E-state index in [0.29, 0.717) is 0 Å². The Morgan fingerprint density at radius 1 is 1.12 bits per heavy atom. The Morgan fingerprint density at radius 2 is 1.25 bits per heavy atom. The maximum atomic E-state index is 9.10. The smallest absolute Gasteiger partial charge is 1.00 e. The summed E-state index contributed by atoms with van der Waals surface area (Å²) in [7, 11) is 0. The number of hydrogen-bond acceptors (Lipinski definition) is 2. The van der Waals surface area contributed by atoms with Crippen LogP contribution in [0.3, 0.4) is 0 Å². The molecule has 0 heterocycles. The van der Waals surface area contributed by atoms with Crippen molar-refractivity contribution in [2.45, 2.75) is 0 Å². The van der Waals surface area contributed by atoms with Gasteiger partial charge in [-0.2, -0.15) is 0 Å². The maximum absolute atomic E-state index is 9.10. The first kappa shape index (κ1) is 15.8. The minimum Gasteiger partial charge on any atom is -1.00 e. The molecule has 46 valence electrons. The van der Waals surface area contributed by atoms with Gasteiger partial charge in [0.05, 0.1) is 0 Å². The third-order valence-electron chi connectivity index (χ3n) is 0.183. The summed E-state index contributed by atoms with van der Waals surface area (Å²) in [5, 5.41) is 14.8. The summed E-state index contributed by atoms with van der Waals surface area (Å²) in [6, 6.07) is 0. The minimum absolute atomic E-state index is 0. The number of carboxylic acid groups (broad SMARTS) is 2. The van der Waals surface area contributed by atoms with Gasteiger partial charge in [-0.15, -0.1) is 0 Å². The molecule has 0 amide bonds. The van der Waals surface area contributed by atoms with Gasteiger partial charge in [-0.25, -0.2) is 9.59 Å². The van der Waals surface area contributed by atoms with Crippen molar-refractivity contribution in [2.75, 3.05) is 0 Å². The van der Waals surface area contributed by atoms with Crippen molar-refractivity contribution >= 4 is 60.8 Å². The second kappa shape index (κ2) is 7.47. The number of aliphatic carboxylic acids is 2. The predicted octanol–water partition coefficient (Wildman–Crippen LogP) is -1.82. The molecule has 0 fully saturated rings. The van der Waals surface area contributed by atoms with Crippen molar-refractivity contribution in [3.63, 3.8) is 0 Å². The number of carboxylic acids is 2. The molecular formula is C2H6BaO5. The molecule has 0 radical (unpaired) electrons. The van der Waals surface area contributed by atoms with E-state index in [9.17, 15) is 0 Å². The van der Waals surface area contributed by atoms with E-state index in [1.807, 2.05) is 0 Å². The van der Waals surface area contributed by atoms with Crippen LogP contribution in [0.5, 0.6) is 0 Å². The van der Waals surface area contributed by atoms with Crippen molar-refractivity contribution in [2.24, 2.45) is 0 Å². The zero-order chi connectivity index (χ0) is 5.15. The van der Waals surface area contributed by atoms with Crippen LogP contribution in [0.2, 0.25) is 0 Å². The number of hydrogen-bond donors (Lipinski definition) is 2. The van der Waals surface area contributed by atoms with E-state index in [1.165, 1.54) is 0 Å². The van der Waals surface area contributed by atoms with Crippen LogP contribution < -0.4 is 0 Å². The molecule has 0 bridgehead atoms. The molecule has 0 aliphatic rings. The van der Waals surface area contributed by atoms with Crippen molar-refractivity contribution in [1.29, 1.82) is 0 Å². The van der Waals surface area contributed by atoms with E-state index in [1.54, 1.807) is 0 Å². The Kier molecular flexibility index (Phi) is 14.8. The van der Waals surface area contributed by atoms with E-state index >= 15 is 0 Å². The van der Waals surface area contributed by atoms with Crippen LogP contribution in [0.1, 0.15) is 2.85 Å². The molecule has 0 aromatic heterocycles. The van der Waals surface area contributed by atoms with E-state index in [4.69, 9.17) is 19.8 Å². The average Bonchev–Trinajstić information content (AvgIpc) is 1.36. The van der Waals surface area contributed by atoms with Crippen LogP contribution in [-0.2, 0) is 9.59 Å². The van der Waals surface area contributed by atoms with Crippen LogP contribution in [0.25, 0.3) is 0 Å². The van der Waals surface area contributed by atoms with Gasteiger partial charge in [0, 0.05) is 0 Å². The average molecular weight is 247 g/mol. The largest absolute Gasteiger partial charge is 2.00 e. The standard InChI is InChI=1S/C2H2O4.Ba.H2O.2H/c3-1(4)2(5)6;;;;/h(H,3,4)(H,5,6);;1H2;;/q;+2;;2*-1. The summed E-state index contributed by atoms with van der Waals surface area (Å²) in [5.41, 5.74) is 0. The van der Waals surface area contributed by atoms with Crippen molar-refractivity contribution < 1.29 is 28.1 Å². The molecule has 6 heteroatoms. The summed E-state index contributed by atoms with van der Waals surface area (Å²) >= 11 is 0. The minimum atomic E-state index is -1.82. The summed E-state index contributed by atoms with van der Waals surface area (Å²) in [5.74, 6) is -3.65. The summed E-state index contributed by atoms with van der Waals surface area (Å²) in [6.07, 6.45) is 0. The van der Waals surface area contributed by atoms with Gasteiger partial charge in [-0.1, -0.05) is 0 Å². The van der Waals surface area contributed by atoms with Gasteiger partial charge in [0.15, 0.2) is 0 Å². The van der Waals surface area contributed by atoms with Gasteiger partial charge in [0.2, 0.25) is 0 Å². The van der Waals surface area contributed by atoms with Crippen LogP contribution >= 0.6 is 0 Å². The fourth-order valence-corrected chi connectivity index (χ4v) is 0. The maximum Gasteiger partial charge on any atom is 2.00 e. The molecule has 0 aromatic carbocycles. The van der Waals surface area contributed by atoms with Gasteiger partial charge >= 0.3 is 60.8 Å². The molecule has 0 rings (SSSR count). The van der Waals surface area contributed by atoms with E-state index in [-0.39, 0.29) is 57.2 Å². The summed E-state index contributed by atoms with van der Waals surface area (Å²) < 4.78 is 0. The quantitative estimate of drug-likeness (QED) is 0.388. The van der Waals surface area contributed by atoms with Crippen molar-refractivity contribution in [1.82, 2.24) is 0 Å². The first-order valence-corrected chi connectivity index (χ1v) is 1.11. The number of carbonyl (C=O) groups is 2. The van der Waals surface area contributed by atoms with Crippen LogP contribution in [0, 0.1) is 0 Å². The Morgan fingerprint density at radius 3 is 1.25 bits per heavy atom. The Balaban J connectivity index is -0.0000000208. The summed E-state index contributed by atoms with van der Waals surface area (Å²) in [6.45, 7) is 0. The van der Waals surface area contributed by atoms with Crippen molar-refractivity contribution in [3.8, 4) is 0 Å². The van der Waals surface area contributed by atoms with Crippen LogP contribution in [0.15, 0.2) is 0 Å². The predicted molar refractivity (Wildman–Crippen MR) is 26.9 cm³/mol. The first-order valence-electron chi connectivity index (χ1n) is 1.11. The van der Waals surface area contributed by atoms with Gasteiger partial charge in [-0.05, 0) is 0 Å². The third kappa shape index (κ3) is 9.69. The molecule has 8 heavy (non-hydrogen) atoms. The molecule has 4 N–H and O–H groups in total. The third-order valence-corrected chi connectivity index (χ3v) is 0.183. The molecule has 0 spiro atoms. The Hall–Kier alpha value is 0.471. The number of rotatable bonds is 0. The van der Waals surface area contributed by atoms with E-state index in [0.717, 1.165) is 0 Å². The van der Waals surface area contributed by atoms with E-state index < -0.39 is 11.9 Å². The van der Waals surface area contributed by atoms with Gasteiger partial charge in [-0.3, -0.25) is 0 Å². The van der Waals surface area contributed by atoms with Gasteiger partial charge < -0.3 is 18.5 Å². The molecule has 0 saturated heterocycles. The molecule has 0 aliphatic carbocycles.